The Hall–Kier alpha value is -1.55. The fourth-order valence-corrected chi connectivity index (χ4v) is 1.96. The van der Waals surface area contributed by atoms with E-state index in [1.807, 2.05) is 0 Å². The number of halogens is 4. The Balaban J connectivity index is 3.44. The van der Waals surface area contributed by atoms with Gasteiger partial charge in [0, 0.05) is 4.47 Å². The molecule has 0 heterocycles. The number of methoxy groups -OCH3 is 1. The maximum Gasteiger partial charge on any atom is 0.417 e. The number of carbonyl (C=O) groups excluding carboxylic acids is 1. The largest absolute Gasteiger partial charge is 0.469 e. The van der Waals surface area contributed by atoms with E-state index in [2.05, 4.69) is 20.7 Å². The van der Waals surface area contributed by atoms with Crippen molar-refractivity contribution in [3.05, 3.63) is 33.3 Å². The number of esters is 1. The van der Waals surface area contributed by atoms with Crippen LogP contribution in [0.5, 0.6) is 0 Å². The van der Waals surface area contributed by atoms with Crippen molar-refractivity contribution in [2.24, 2.45) is 0 Å². The van der Waals surface area contributed by atoms with Crippen LogP contribution in [0, 0.1) is 11.3 Å². The van der Waals surface area contributed by atoms with Gasteiger partial charge in [0.2, 0.25) is 0 Å². The monoisotopic (exact) mass is 321 g/mol. The summed E-state index contributed by atoms with van der Waals surface area (Å²) in [5.41, 5.74) is -1.92. The first-order chi connectivity index (χ1) is 8.29. The molecule has 18 heavy (non-hydrogen) atoms. The maximum atomic E-state index is 12.9. The molecule has 1 aromatic carbocycles. The van der Waals surface area contributed by atoms with Crippen LogP contribution in [-0.2, 0) is 22.1 Å². The van der Waals surface area contributed by atoms with Gasteiger partial charge in [-0.25, -0.2) is 0 Å². The van der Waals surface area contributed by atoms with Crippen molar-refractivity contribution < 1.29 is 22.7 Å². The summed E-state index contributed by atoms with van der Waals surface area (Å²) in [6, 6.07) is 3.68. The Labute approximate surface area is 109 Å². The van der Waals surface area contributed by atoms with Crippen LogP contribution in [0.1, 0.15) is 16.7 Å². The van der Waals surface area contributed by atoms with E-state index in [1.54, 1.807) is 0 Å². The predicted octanol–water partition coefficient (Wildman–Crippen LogP) is 3.06. The predicted molar refractivity (Wildman–Crippen MR) is 59.6 cm³/mol. The lowest BCUT2D eigenvalue weighted by molar-refractivity contribution is -0.141. The minimum Gasteiger partial charge on any atom is -0.469 e. The summed E-state index contributed by atoms with van der Waals surface area (Å²) in [6.07, 6.45) is -5.24. The molecule has 0 radical (unpaired) electrons. The molecule has 0 fully saturated rings. The molecule has 0 aromatic heterocycles. The minimum atomic E-state index is -4.70. The van der Waals surface area contributed by atoms with Gasteiger partial charge >= 0.3 is 12.1 Å². The molecule has 0 aliphatic carbocycles. The summed E-state index contributed by atoms with van der Waals surface area (Å²) in [4.78, 5) is 11.1. The van der Waals surface area contributed by atoms with Gasteiger partial charge in [0.25, 0.3) is 0 Å². The molecule has 0 unspecified atom stereocenters. The Bertz CT molecular complexity index is 520. The maximum absolute atomic E-state index is 12.9. The highest BCUT2D eigenvalue weighted by molar-refractivity contribution is 9.10. The number of carbonyl (C=O) groups is 1. The van der Waals surface area contributed by atoms with E-state index in [1.165, 1.54) is 6.07 Å². The zero-order valence-corrected chi connectivity index (χ0v) is 10.7. The van der Waals surface area contributed by atoms with Gasteiger partial charge in [-0.05, 0) is 17.7 Å². The standard InChI is InChI=1S/C11H7BrF3NO2/c1-18-9(17)4-6-2-8(12)3-7(5-16)10(6)11(13,14)15/h2-3H,4H2,1H3. The topological polar surface area (TPSA) is 50.1 Å². The molecule has 96 valence electrons. The quantitative estimate of drug-likeness (QED) is 0.787. The van der Waals surface area contributed by atoms with Crippen molar-refractivity contribution in [3.63, 3.8) is 0 Å². The smallest absolute Gasteiger partial charge is 0.417 e. The number of nitriles is 1. The lowest BCUT2D eigenvalue weighted by atomic mass is 9.99. The molecule has 0 aliphatic heterocycles. The van der Waals surface area contributed by atoms with Crippen LogP contribution in [0.3, 0.4) is 0 Å². The first-order valence-electron chi connectivity index (χ1n) is 4.66. The number of benzene rings is 1. The highest BCUT2D eigenvalue weighted by atomic mass is 79.9. The van der Waals surface area contributed by atoms with Crippen LogP contribution in [0.15, 0.2) is 16.6 Å². The Kier molecular flexibility index (Phi) is 4.35. The second-order valence-electron chi connectivity index (χ2n) is 3.35. The highest BCUT2D eigenvalue weighted by Gasteiger charge is 2.37. The molecule has 0 spiro atoms. The number of alkyl halides is 3. The van der Waals surface area contributed by atoms with Gasteiger partial charge in [0.05, 0.1) is 30.7 Å². The van der Waals surface area contributed by atoms with Gasteiger partial charge < -0.3 is 4.74 Å². The fourth-order valence-electron chi connectivity index (χ4n) is 1.45. The first-order valence-corrected chi connectivity index (χ1v) is 5.45. The summed E-state index contributed by atoms with van der Waals surface area (Å²) in [7, 11) is 1.08. The van der Waals surface area contributed by atoms with E-state index < -0.39 is 29.7 Å². The molecule has 0 bridgehead atoms. The van der Waals surface area contributed by atoms with Crippen LogP contribution in [-0.4, -0.2) is 13.1 Å². The third-order valence-corrected chi connectivity index (χ3v) is 2.61. The average molecular weight is 322 g/mol. The molecule has 0 saturated carbocycles. The van der Waals surface area contributed by atoms with Crippen molar-refractivity contribution in [1.29, 1.82) is 5.26 Å². The molecule has 0 saturated heterocycles. The van der Waals surface area contributed by atoms with Crippen LogP contribution in [0.4, 0.5) is 13.2 Å². The van der Waals surface area contributed by atoms with Gasteiger partial charge in [-0.3, -0.25) is 4.79 Å². The summed E-state index contributed by atoms with van der Waals surface area (Å²) in [5.74, 6) is -0.803. The van der Waals surface area contributed by atoms with Crippen molar-refractivity contribution >= 4 is 21.9 Å². The number of rotatable bonds is 2. The van der Waals surface area contributed by atoms with Crippen LogP contribution < -0.4 is 0 Å². The highest BCUT2D eigenvalue weighted by Crippen LogP contribution is 2.36. The second-order valence-corrected chi connectivity index (χ2v) is 4.27. The zero-order valence-electron chi connectivity index (χ0n) is 9.14. The molecule has 1 aromatic rings. The third-order valence-electron chi connectivity index (χ3n) is 2.15. The third kappa shape index (κ3) is 3.23. The van der Waals surface area contributed by atoms with E-state index in [-0.39, 0.29) is 5.56 Å². The van der Waals surface area contributed by atoms with Gasteiger partial charge in [-0.15, -0.1) is 0 Å². The van der Waals surface area contributed by atoms with Crippen LogP contribution >= 0.6 is 15.9 Å². The zero-order chi connectivity index (χ0) is 13.9. The van der Waals surface area contributed by atoms with E-state index in [0.29, 0.717) is 4.47 Å². The molecular formula is C11H7BrF3NO2. The Morgan fingerprint density at radius 3 is 2.56 bits per heavy atom. The Morgan fingerprint density at radius 1 is 1.50 bits per heavy atom. The normalized spacial score (nSPS) is 10.9. The van der Waals surface area contributed by atoms with Crippen molar-refractivity contribution in [2.45, 2.75) is 12.6 Å². The molecule has 0 aliphatic rings. The summed E-state index contributed by atoms with van der Waals surface area (Å²) < 4.78 is 43.2. The molecule has 7 heteroatoms. The Morgan fingerprint density at radius 2 is 2.11 bits per heavy atom. The first kappa shape index (κ1) is 14.5. The van der Waals surface area contributed by atoms with E-state index in [9.17, 15) is 18.0 Å². The van der Waals surface area contributed by atoms with Gasteiger partial charge in [-0.2, -0.15) is 18.4 Å². The van der Waals surface area contributed by atoms with Gasteiger partial charge in [-0.1, -0.05) is 15.9 Å². The molecule has 1 rings (SSSR count). The summed E-state index contributed by atoms with van der Waals surface area (Å²) in [5, 5.41) is 8.73. The molecular weight excluding hydrogens is 315 g/mol. The lowest BCUT2D eigenvalue weighted by Crippen LogP contribution is -2.15. The SMILES string of the molecule is COC(=O)Cc1cc(Br)cc(C#N)c1C(F)(F)F. The second kappa shape index (κ2) is 5.40. The lowest BCUT2D eigenvalue weighted by Gasteiger charge is -2.14. The number of ether oxygens (including phenoxy) is 1. The fraction of sp³-hybridized carbons (Fsp3) is 0.273. The molecule has 0 amide bonds. The van der Waals surface area contributed by atoms with Crippen molar-refractivity contribution in [3.8, 4) is 6.07 Å². The van der Waals surface area contributed by atoms with Gasteiger partial charge in [0.15, 0.2) is 0 Å². The molecule has 0 N–H and O–H groups in total. The van der Waals surface area contributed by atoms with E-state index in [4.69, 9.17) is 5.26 Å². The van der Waals surface area contributed by atoms with Crippen LogP contribution in [0.25, 0.3) is 0 Å². The van der Waals surface area contributed by atoms with E-state index in [0.717, 1.165) is 19.2 Å². The molecule has 3 nitrogen and oxygen atoms in total. The van der Waals surface area contributed by atoms with Crippen molar-refractivity contribution in [1.82, 2.24) is 0 Å². The summed E-state index contributed by atoms with van der Waals surface area (Å²) in [6.45, 7) is 0. The van der Waals surface area contributed by atoms with Crippen molar-refractivity contribution in [2.75, 3.05) is 7.11 Å². The minimum absolute atomic E-state index is 0.291. The number of hydrogen-bond acceptors (Lipinski definition) is 3. The average Bonchev–Trinajstić information content (AvgIpc) is 2.25. The number of nitrogens with zero attached hydrogens (tertiary/aromatic N) is 1. The summed E-state index contributed by atoms with van der Waals surface area (Å²) >= 11 is 3.00. The van der Waals surface area contributed by atoms with Crippen LogP contribution in [0.2, 0.25) is 0 Å². The molecule has 0 atom stereocenters. The van der Waals surface area contributed by atoms with Gasteiger partial charge in [0.1, 0.15) is 0 Å². The van der Waals surface area contributed by atoms with E-state index >= 15 is 0 Å². The number of hydrogen-bond donors (Lipinski definition) is 0.